The minimum absolute atomic E-state index is 0.145. The van der Waals surface area contributed by atoms with Crippen LogP contribution >= 0.6 is 12.2 Å². The Morgan fingerprint density at radius 3 is 2.32 bits per heavy atom. The molecule has 0 saturated carbocycles. The Bertz CT molecular complexity index is 1220. The molecule has 0 saturated heterocycles. The number of rotatable bonds is 3. The first-order chi connectivity index (χ1) is 13.5. The van der Waals surface area contributed by atoms with E-state index in [4.69, 9.17) is 12.2 Å². The minimum Gasteiger partial charge on any atom is -0.332 e. The summed E-state index contributed by atoms with van der Waals surface area (Å²) in [5.74, 6) is 0. The maximum Gasteiger partial charge on any atom is 0.295 e. The minimum atomic E-state index is -0.145. The van der Waals surface area contributed by atoms with Crippen molar-refractivity contribution in [3.8, 4) is 5.69 Å². The largest absolute Gasteiger partial charge is 0.332 e. The highest BCUT2D eigenvalue weighted by Gasteiger charge is 2.17. The molecule has 4 rings (SSSR count). The summed E-state index contributed by atoms with van der Waals surface area (Å²) in [5.41, 5.74) is 2.79. The van der Waals surface area contributed by atoms with E-state index >= 15 is 0 Å². The first kappa shape index (κ1) is 18.0. The predicted molar refractivity (Wildman–Crippen MR) is 120 cm³/mol. The Kier molecular flexibility index (Phi) is 4.71. The van der Waals surface area contributed by atoms with Gasteiger partial charge in [-0.15, -0.1) is 0 Å². The number of aromatic nitrogens is 2. The Morgan fingerprint density at radius 1 is 0.893 bits per heavy atom. The lowest BCUT2D eigenvalue weighted by molar-refractivity contribution is 0.630. The van der Waals surface area contributed by atoms with Crippen LogP contribution in [-0.2, 0) is 7.05 Å². The van der Waals surface area contributed by atoms with Gasteiger partial charge in [-0.2, -0.15) is 0 Å². The quantitative estimate of drug-likeness (QED) is 0.509. The van der Waals surface area contributed by atoms with Crippen LogP contribution in [0.1, 0.15) is 5.69 Å². The maximum absolute atomic E-state index is 13.0. The Hall–Kier alpha value is -3.38. The first-order valence-electron chi connectivity index (χ1n) is 8.95. The predicted octanol–water partition coefficient (Wildman–Crippen LogP) is 4.45. The Balaban J connectivity index is 1.60. The molecule has 28 heavy (non-hydrogen) atoms. The SMILES string of the molecule is Cc1c(NC(=S)Nc2ccc3ccccc3c2)c(=O)n(-c2ccccc2)n1C. The lowest BCUT2D eigenvalue weighted by atomic mass is 10.1. The van der Waals surface area contributed by atoms with Crippen molar-refractivity contribution in [3.05, 3.63) is 88.8 Å². The molecule has 2 N–H and O–H groups in total. The number of hydrogen-bond acceptors (Lipinski definition) is 2. The topological polar surface area (TPSA) is 51.0 Å². The molecule has 0 aliphatic heterocycles. The summed E-state index contributed by atoms with van der Waals surface area (Å²) in [4.78, 5) is 13.0. The fourth-order valence-corrected chi connectivity index (χ4v) is 3.48. The maximum atomic E-state index is 13.0. The summed E-state index contributed by atoms with van der Waals surface area (Å²) in [5, 5.41) is 8.90. The van der Waals surface area contributed by atoms with Crippen molar-refractivity contribution < 1.29 is 0 Å². The highest BCUT2D eigenvalue weighted by atomic mass is 32.1. The highest BCUT2D eigenvalue weighted by molar-refractivity contribution is 7.80. The molecule has 5 nitrogen and oxygen atoms in total. The van der Waals surface area contributed by atoms with Crippen LogP contribution in [-0.4, -0.2) is 14.5 Å². The third kappa shape index (κ3) is 3.30. The van der Waals surface area contributed by atoms with Gasteiger partial charge in [0.2, 0.25) is 0 Å². The van der Waals surface area contributed by atoms with Gasteiger partial charge in [-0.1, -0.05) is 48.5 Å². The molecule has 6 heteroatoms. The van der Waals surface area contributed by atoms with Gasteiger partial charge < -0.3 is 10.6 Å². The number of fused-ring (bicyclic) bond motifs is 1. The van der Waals surface area contributed by atoms with Gasteiger partial charge in [-0.05, 0) is 54.2 Å². The van der Waals surface area contributed by atoms with Crippen LogP contribution in [0.25, 0.3) is 16.5 Å². The van der Waals surface area contributed by atoms with Crippen molar-refractivity contribution in [2.75, 3.05) is 10.6 Å². The molecular formula is C22H20N4OS. The number of thiocarbonyl (C=S) groups is 1. The number of benzene rings is 3. The van der Waals surface area contributed by atoms with E-state index in [1.165, 1.54) is 0 Å². The molecular weight excluding hydrogens is 368 g/mol. The van der Waals surface area contributed by atoms with Crippen molar-refractivity contribution in [2.24, 2.45) is 7.05 Å². The van der Waals surface area contributed by atoms with Crippen LogP contribution < -0.4 is 16.2 Å². The second kappa shape index (κ2) is 7.32. The zero-order valence-electron chi connectivity index (χ0n) is 15.6. The van der Waals surface area contributed by atoms with Crippen molar-refractivity contribution in [3.63, 3.8) is 0 Å². The van der Waals surface area contributed by atoms with E-state index in [0.29, 0.717) is 10.8 Å². The van der Waals surface area contributed by atoms with Crippen LogP contribution in [0.15, 0.2) is 77.6 Å². The molecule has 0 unspecified atom stereocenters. The van der Waals surface area contributed by atoms with Gasteiger partial charge in [0.15, 0.2) is 5.11 Å². The molecule has 140 valence electrons. The van der Waals surface area contributed by atoms with Crippen LogP contribution in [0.4, 0.5) is 11.4 Å². The van der Waals surface area contributed by atoms with Crippen molar-refractivity contribution in [1.82, 2.24) is 9.36 Å². The molecule has 0 aliphatic rings. The smallest absolute Gasteiger partial charge is 0.295 e. The zero-order chi connectivity index (χ0) is 19.7. The fraction of sp³-hybridized carbons (Fsp3) is 0.0909. The van der Waals surface area contributed by atoms with E-state index in [-0.39, 0.29) is 5.56 Å². The number of nitrogens with zero attached hydrogens (tertiary/aromatic N) is 2. The fourth-order valence-electron chi connectivity index (χ4n) is 3.26. The first-order valence-corrected chi connectivity index (χ1v) is 9.36. The molecule has 0 bridgehead atoms. The van der Waals surface area contributed by atoms with E-state index in [9.17, 15) is 4.79 Å². The number of hydrogen-bond donors (Lipinski definition) is 2. The zero-order valence-corrected chi connectivity index (χ0v) is 16.5. The highest BCUT2D eigenvalue weighted by Crippen LogP contribution is 2.19. The van der Waals surface area contributed by atoms with E-state index in [2.05, 4.69) is 22.8 Å². The average molecular weight is 388 g/mol. The number of nitrogens with one attached hydrogen (secondary N) is 2. The molecule has 1 aromatic heterocycles. The summed E-state index contributed by atoms with van der Waals surface area (Å²) in [6.07, 6.45) is 0. The summed E-state index contributed by atoms with van der Waals surface area (Å²) >= 11 is 5.45. The van der Waals surface area contributed by atoms with Gasteiger partial charge in [0.05, 0.1) is 11.4 Å². The van der Waals surface area contributed by atoms with Crippen LogP contribution in [0.2, 0.25) is 0 Å². The van der Waals surface area contributed by atoms with Crippen LogP contribution in [0, 0.1) is 6.92 Å². The second-order valence-electron chi connectivity index (χ2n) is 6.58. The summed E-state index contributed by atoms with van der Waals surface area (Å²) in [6.45, 7) is 1.89. The van der Waals surface area contributed by atoms with Crippen molar-refractivity contribution in [2.45, 2.75) is 6.92 Å². The molecule has 1 heterocycles. The van der Waals surface area contributed by atoms with Crippen molar-refractivity contribution in [1.29, 1.82) is 0 Å². The Labute approximate surface area is 168 Å². The standard InChI is InChI=1S/C22H20N4OS/c1-15-20(21(27)26(25(15)2)19-10-4-3-5-11-19)24-22(28)23-18-13-12-16-8-6-7-9-17(16)14-18/h3-14H,1-2H3,(H2,23,24,28). The normalized spacial score (nSPS) is 10.8. The van der Waals surface area contributed by atoms with E-state index < -0.39 is 0 Å². The molecule has 3 aromatic carbocycles. The lowest BCUT2D eigenvalue weighted by Crippen LogP contribution is -2.25. The van der Waals surface area contributed by atoms with E-state index in [1.807, 2.05) is 79.3 Å². The Morgan fingerprint density at radius 2 is 1.57 bits per heavy atom. The second-order valence-corrected chi connectivity index (χ2v) is 6.99. The molecule has 0 aliphatic carbocycles. The molecule has 0 amide bonds. The van der Waals surface area contributed by atoms with Crippen LogP contribution in [0.3, 0.4) is 0 Å². The van der Waals surface area contributed by atoms with Gasteiger partial charge >= 0.3 is 0 Å². The molecule has 0 spiro atoms. The van der Waals surface area contributed by atoms with Gasteiger partial charge in [0.1, 0.15) is 5.69 Å². The molecule has 0 atom stereocenters. The third-order valence-corrected chi connectivity index (χ3v) is 5.00. The lowest BCUT2D eigenvalue weighted by Gasteiger charge is -2.10. The number of para-hydroxylation sites is 1. The monoisotopic (exact) mass is 388 g/mol. The van der Waals surface area contributed by atoms with E-state index in [1.54, 1.807) is 4.68 Å². The molecule has 4 aromatic rings. The van der Waals surface area contributed by atoms with Gasteiger partial charge in [0.25, 0.3) is 5.56 Å². The van der Waals surface area contributed by atoms with Crippen LogP contribution in [0.5, 0.6) is 0 Å². The summed E-state index contributed by atoms with van der Waals surface area (Å²) in [6, 6.07) is 23.7. The van der Waals surface area contributed by atoms with Gasteiger partial charge in [-0.3, -0.25) is 9.48 Å². The van der Waals surface area contributed by atoms with E-state index in [0.717, 1.165) is 27.8 Å². The summed E-state index contributed by atoms with van der Waals surface area (Å²) < 4.78 is 3.44. The average Bonchev–Trinajstić information content (AvgIpc) is 2.92. The summed E-state index contributed by atoms with van der Waals surface area (Å²) in [7, 11) is 1.86. The van der Waals surface area contributed by atoms with Gasteiger partial charge in [0, 0.05) is 12.7 Å². The van der Waals surface area contributed by atoms with Crippen molar-refractivity contribution >= 4 is 39.5 Å². The molecule has 0 radical (unpaired) electrons. The third-order valence-electron chi connectivity index (χ3n) is 4.80. The molecule has 0 fully saturated rings. The number of anilines is 2. The van der Waals surface area contributed by atoms with Gasteiger partial charge in [-0.25, -0.2) is 4.68 Å².